The minimum Gasteiger partial charge on any atom is -0.350 e. The highest BCUT2D eigenvalue weighted by atomic mass is 19.1. The fourth-order valence-corrected chi connectivity index (χ4v) is 2.14. The molecule has 2 aromatic carbocycles. The van der Waals surface area contributed by atoms with E-state index in [0.29, 0.717) is 5.56 Å². The summed E-state index contributed by atoms with van der Waals surface area (Å²) in [5, 5.41) is 2.66. The molecule has 0 aliphatic heterocycles. The number of halogens is 2. The lowest BCUT2D eigenvalue weighted by Crippen LogP contribution is -2.39. The van der Waals surface area contributed by atoms with Crippen molar-refractivity contribution >= 4 is 11.8 Å². The summed E-state index contributed by atoms with van der Waals surface area (Å²) in [5.41, 5.74) is 1.09. The van der Waals surface area contributed by atoms with E-state index in [1.54, 1.807) is 30.3 Å². The van der Waals surface area contributed by atoms with Gasteiger partial charge in [-0.15, -0.1) is 0 Å². The Morgan fingerprint density at radius 2 is 1.71 bits per heavy atom. The van der Waals surface area contributed by atoms with E-state index in [-0.39, 0.29) is 37.3 Å². The van der Waals surface area contributed by atoms with Gasteiger partial charge in [-0.25, -0.2) is 8.78 Å². The Morgan fingerprint density at radius 3 is 2.33 bits per heavy atom. The molecule has 126 valence electrons. The van der Waals surface area contributed by atoms with Crippen molar-refractivity contribution in [3.05, 3.63) is 71.3 Å². The highest BCUT2D eigenvalue weighted by Crippen LogP contribution is 2.10. The molecule has 0 spiro atoms. The zero-order valence-corrected chi connectivity index (χ0v) is 13.3. The molecule has 2 amide bonds. The molecule has 0 saturated carbocycles. The molecule has 4 nitrogen and oxygen atoms in total. The molecule has 0 atom stereocenters. The summed E-state index contributed by atoms with van der Waals surface area (Å²) in [6.45, 7) is 1.40. The van der Waals surface area contributed by atoms with Gasteiger partial charge in [0.05, 0.1) is 6.54 Å². The van der Waals surface area contributed by atoms with Crippen molar-refractivity contribution in [2.45, 2.75) is 20.0 Å². The van der Waals surface area contributed by atoms with Gasteiger partial charge in [0.25, 0.3) is 0 Å². The van der Waals surface area contributed by atoms with Crippen molar-refractivity contribution in [2.24, 2.45) is 0 Å². The molecule has 0 radical (unpaired) electrons. The van der Waals surface area contributed by atoms with Crippen LogP contribution in [-0.2, 0) is 22.7 Å². The average molecular weight is 332 g/mol. The lowest BCUT2D eigenvalue weighted by Gasteiger charge is -2.21. The van der Waals surface area contributed by atoms with Crippen LogP contribution in [0, 0.1) is 11.6 Å². The van der Waals surface area contributed by atoms with Gasteiger partial charge in [0, 0.05) is 25.6 Å². The number of nitrogens with one attached hydrogen (secondary N) is 1. The molecule has 6 heteroatoms. The quantitative estimate of drug-likeness (QED) is 0.884. The van der Waals surface area contributed by atoms with E-state index < -0.39 is 5.82 Å². The van der Waals surface area contributed by atoms with Crippen LogP contribution < -0.4 is 5.32 Å². The van der Waals surface area contributed by atoms with Crippen molar-refractivity contribution in [1.82, 2.24) is 10.2 Å². The standard InChI is InChI=1S/C18H18F2N2O2/c1-13(23)22(11-15-4-2-3-5-17(15)20)12-18(24)21-10-14-6-8-16(19)9-7-14/h2-9H,10-12H2,1H3,(H,21,24). The van der Waals surface area contributed by atoms with Crippen molar-refractivity contribution in [1.29, 1.82) is 0 Å². The summed E-state index contributed by atoms with van der Waals surface area (Å²) in [4.78, 5) is 25.0. The third-order valence-corrected chi connectivity index (χ3v) is 3.50. The van der Waals surface area contributed by atoms with Crippen molar-refractivity contribution in [3.63, 3.8) is 0 Å². The van der Waals surface area contributed by atoms with Gasteiger partial charge in [0.15, 0.2) is 0 Å². The molecule has 2 rings (SSSR count). The minimum atomic E-state index is -0.421. The molecule has 0 aromatic heterocycles. The zero-order valence-electron chi connectivity index (χ0n) is 13.3. The van der Waals surface area contributed by atoms with Crippen LogP contribution in [0.15, 0.2) is 48.5 Å². The molecule has 0 heterocycles. The zero-order chi connectivity index (χ0) is 17.5. The molecular formula is C18H18F2N2O2. The van der Waals surface area contributed by atoms with Gasteiger partial charge >= 0.3 is 0 Å². The number of carbonyl (C=O) groups excluding carboxylic acids is 2. The smallest absolute Gasteiger partial charge is 0.239 e. The van der Waals surface area contributed by atoms with Crippen LogP contribution in [0.3, 0.4) is 0 Å². The summed E-state index contributed by atoms with van der Waals surface area (Å²) in [5.74, 6) is -1.46. The van der Waals surface area contributed by atoms with Gasteiger partial charge in [-0.1, -0.05) is 30.3 Å². The van der Waals surface area contributed by atoms with E-state index in [9.17, 15) is 18.4 Å². The average Bonchev–Trinajstić information content (AvgIpc) is 2.55. The SMILES string of the molecule is CC(=O)N(CC(=O)NCc1ccc(F)cc1)Cc1ccccc1F. The Balaban J connectivity index is 1.92. The molecule has 0 unspecified atom stereocenters. The largest absolute Gasteiger partial charge is 0.350 e. The van der Waals surface area contributed by atoms with Crippen LogP contribution in [0.25, 0.3) is 0 Å². The van der Waals surface area contributed by atoms with Gasteiger partial charge < -0.3 is 10.2 Å². The maximum Gasteiger partial charge on any atom is 0.239 e. The van der Waals surface area contributed by atoms with Crippen LogP contribution >= 0.6 is 0 Å². The first-order chi connectivity index (χ1) is 11.5. The van der Waals surface area contributed by atoms with Crippen LogP contribution in [-0.4, -0.2) is 23.3 Å². The Hall–Kier alpha value is -2.76. The van der Waals surface area contributed by atoms with Crippen molar-refractivity contribution in [3.8, 4) is 0 Å². The number of benzene rings is 2. The number of amides is 2. The number of nitrogens with zero attached hydrogens (tertiary/aromatic N) is 1. The molecule has 0 aliphatic carbocycles. The number of hydrogen-bond donors (Lipinski definition) is 1. The summed E-state index contributed by atoms with van der Waals surface area (Å²) in [7, 11) is 0. The molecular weight excluding hydrogens is 314 g/mol. The monoisotopic (exact) mass is 332 g/mol. The number of hydrogen-bond acceptors (Lipinski definition) is 2. The van der Waals surface area contributed by atoms with Gasteiger partial charge in [-0.3, -0.25) is 9.59 Å². The second-order valence-electron chi connectivity index (χ2n) is 5.37. The lowest BCUT2D eigenvalue weighted by molar-refractivity contribution is -0.135. The van der Waals surface area contributed by atoms with E-state index in [0.717, 1.165) is 5.56 Å². The first-order valence-electron chi connectivity index (χ1n) is 7.46. The van der Waals surface area contributed by atoms with E-state index in [2.05, 4.69) is 5.32 Å². The molecule has 1 N–H and O–H groups in total. The first kappa shape index (κ1) is 17.6. The van der Waals surface area contributed by atoms with E-state index >= 15 is 0 Å². The Bertz CT molecular complexity index is 717. The molecule has 0 bridgehead atoms. The Kier molecular flexibility index (Phi) is 6.01. The second-order valence-corrected chi connectivity index (χ2v) is 5.37. The van der Waals surface area contributed by atoms with E-state index in [4.69, 9.17) is 0 Å². The molecule has 24 heavy (non-hydrogen) atoms. The van der Waals surface area contributed by atoms with E-state index in [1.165, 1.54) is 30.0 Å². The Morgan fingerprint density at radius 1 is 1.04 bits per heavy atom. The summed E-state index contributed by atoms with van der Waals surface area (Å²) >= 11 is 0. The van der Waals surface area contributed by atoms with Gasteiger partial charge in [-0.2, -0.15) is 0 Å². The van der Waals surface area contributed by atoms with E-state index in [1.807, 2.05) is 0 Å². The normalized spacial score (nSPS) is 10.3. The Labute approximate surface area is 139 Å². The molecule has 0 aliphatic rings. The fraction of sp³-hybridized carbons (Fsp3) is 0.222. The maximum absolute atomic E-state index is 13.7. The predicted octanol–water partition coefficient (Wildman–Crippen LogP) is 2.63. The second kappa shape index (κ2) is 8.19. The summed E-state index contributed by atoms with van der Waals surface area (Å²) in [6, 6.07) is 11.9. The highest BCUT2D eigenvalue weighted by molar-refractivity contribution is 5.83. The predicted molar refractivity (Wildman–Crippen MR) is 85.7 cm³/mol. The summed E-state index contributed by atoms with van der Waals surface area (Å²) < 4.78 is 26.5. The van der Waals surface area contributed by atoms with Crippen LogP contribution in [0.1, 0.15) is 18.1 Å². The number of carbonyl (C=O) groups is 2. The first-order valence-corrected chi connectivity index (χ1v) is 7.46. The third-order valence-electron chi connectivity index (χ3n) is 3.50. The molecule has 0 fully saturated rings. The maximum atomic E-state index is 13.7. The van der Waals surface area contributed by atoms with Crippen molar-refractivity contribution in [2.75, 3.05) is 6.54 Å². The summed E-state index contributed by atoms with van der Waals surface area (Å²) in [6.07, 6.45) is 0. The van der Waals surface area contributed by atoms with Crippen LogP contribution in [0.5, 0.6) is 0 Å². The van der Waals surface area contributed by atoms with Gasteiger partial charge in [0.2, 0.25) is 11.8 Å². The minimum absolute atomic E-state index is 0.0198. The highest BCUT2D eigenvalue weighted by Gasteiger charge is 2.15. The lowest BCUT2D eigenvalue weighted by atomic mass is 10.2. The van der Waals surface area contributed by atoms with Crippen molar-refractivity contribution < 1.29 is 18.4 Å². The van der Waals surface area contributed by atoms with Crippen LogP contribution in [0.2, 0.25) is 0 Å². The number of rotatable bonds is 6. The van der Waals surface area contributed by atoms with Gasteiger partial charge in [-0.05, 0) is 23.8 Å². The fourth-order valence-electron chi connectivity index (χ4n) is 2.14. The van der Waals surface area contributed by atoms with Crippen LogP contribution in [0.4, 0.5) is 8.78 Å². The third kappa shape index (κ3) is 5.15. The van der Waals surface area contributed by atoms with Gasteiger partial charge in [0.1, 0.15) is 11.6 Å². The topological polar surface area (TPSA) is 49.4 Å². The molecule has 0 saturated heterocycles. The molecule has 2 aromatic rings.